The van der Waals surface area contributed by atoms with E-state index in [1.54, 1.807) is 7.11 Å². The molecule has 2 fully saturated rings. The Morgan fingerprint density at radius 3 is 2.65 bits per heavy atom. The molecule has 6 nitrogen and oxygen atoms in total. The predicted molar refractivity (Wildman–Crippen MR) is 129 cm³/mol. The van der Waals surface area contributed by atoms with Gasteiger partial charge >= 0.3 is 0 Å². The first kappa shape index (κ1) is 23.9. The van der Waals surface area contributed by atoms with Crippen molar-refractivity contribution >= 4 is 16.8 Å². The highest BCUT2D eigenvalue weighted by Gasteiger charge is 2.26. The van der Waals surface area contributed by atoms with Crippen LogP contribution in [0.25, 0.3) is 0 Å². The molecule has 3 unspecified atom stereocenters. The van der Waals surface area contributed by atoms with Gasteiger partial charge in [-0.05, 0) is 69.6 Å². The van der Waals surface area contributed by atoms with Gasteiger partial charge in [-0.3, -0.25) is 4.21 Å². The summed E-state index contributed by atoms with van der Waals surface area (Å²) in [5, 5.41) is 7.24. The summed E-state index contributed by atoms with van der Waals surface area (Å²) in [6, 6.07) is 6.41. The van der Waals surface area contributed by atoms with E-state index in [9.17, 15) is 4.21 Å². The summed E-state index contributed by atoms with van der Waals surface area (Å²) in [6.45, 7) is 5.46. The highest BCUT2D eigenvalue weighted by atomic mass is 32.2. The number of hydrogen-bond acceptors (Lipinski definition) is 4. The van der Waals surface area contributed by atoms with Crippen LogP contribution in [0.1, 0.15) is 70.8 Å². The number of guanidine groups is 1. The summed E-state index contributed by atoms with van der Waals surface area (Å²) in [5.41, 5.74) is 1.10. The van der Waals surface area contributed by atoms with Crippen LogP contribution in [0.4, 0.5) is 0 Å². The van der Waals surface area contributed by atoms with E-state index in [1.165, 1.54) is 12.8 Å². The third-order valence-electron chi connectivity index (χ3n) is 6.21. The van der Waals surface area contributed by atoms with E-state index in [-0.39, 0.29) is 0 Å². The summed E-state index contributed by atoms with van der Waals surface area (Å²) in [5.74, 6) is 3.16. The van der Waals surface area contributed by atoms with E-state index in [4.69, 9.17) is 14.5 Å². The molecule has 2 aliphatic carbocycles. The van der Waals surface area contributed by atoms with Crippen molar-refractivity contribution in [2.45, 2.75) is 89.2 Å². The molecule has 0 spiro atoms. The average molecular weight is 450 g/mol. The second-order valence-corrected chi connectivity index (χ2v) is 10.5. The molecule has 0 bridgehead atoms. The lowest BCUT2D eigenvalue weighted by Crippen LogP contribution is -2.46. The molecule has 3 rings (SSSR count). The van der Waals surface area contributed by atoms with Crippen LogP contribution in [0.2, 0.25) is 0 Å². The Balaban J connectivity index is 1.64. The number of hydrogen-bond donors (Lipinski definition) is 2. The Morgan fingerprint density at radius 2 is 1.94 bits per heavy atom. The molecule has 0 aliphatic heterocycles. The van der Waals surface area contributed by atoms with Gasteiger partial charge in [0.1, 0.15) is 0 Å². The maximum atomic E-state index is 12.3. The van der Waals surface area contributed by atoms with Crippen LogP contribution in [0.3, 0.4) is 0 Å². The van der Waals surface area contributed by atoms with Crippen molar-refractivity contribution in [3.05, 3.63) is 23.8 Å². The van der Waals surface area contributed by atoms with Crippen LogP contribution >= 0.6 is 0 Å². The molecule has 0 amide bonds. The molecule has 0 heterocycles. The summed E-state index contributed by atoms with van der Waals surface area (Å²) >= 11 is 0. The smallest absolute Gasteiger partial charge is 0.191 e. The minimum absolute atomic E-state index is 0.291. The number of nitrogens with zero attached hydrogens (tertiary/aromatic N) is 1. The monoisotopic (exact) mass is 449 g/mol. The first-order chi connectivity index (χ1) is 15.1. The second kappa shape index (κ2) is 12.3. The van der Waals surface area contributed by atoms with Gasteiger partial charge in [0.25, 0.3) is 0 Å². The normalized spacial score (nSPS) is 23.4. The lowest BCUT2D eigenvalue weighted by atomic mass is 9.95. The number of nitrogens with one attached hydrogen (secondary N) is 2. The van der Waals surface area contributed by atoms with E-state index >= 15 is 0 Å². The number of rotatable bonds is 9. The van der Waals surface area contributed by atoms with Crippen LogP contribution in [-0.4, -0.2) is 47.0 Å². The minimum atomic E-state index is -0.721. The van der Waals surface area contributed by atoms with Crippen LogP contribution in [0.15, 0.2) is 23.2 Å². The fourth-order valence-electron chi connectivity index (χ4n) is 4.53. The first-order valence-corrected chi connectivity index (χ1v) is 13.3. The zero-order valence-electron chi connectivity index (χ0n) is 19.3. The van der Waals surface area contributed by atoms with Crippen LogP contribution < -0.4 is 20.1 Å². The molecular formula is C24H39N3O3S. The van der Waals surface area contributed by atoms with Gasteiger partial charge in [-0.15, -0.1) is 0 Å². The Hall–Kier alpha value is -1.76. The Morgan fingerprint density at radius 1 is 1.13 bits per heavy atom. The number of benzene rings is 1. The van der Waals surface area contributed by atoms with Crippen molar-refractivity contribution < 1.29 is 13.7 Å². The van der Waals surface area contributed by atoms with Crippen molar-refractivity contribution in [2.75, 3.05) is 19.4 Å². The maximum absolute atomic E-state index is 12.3. The molecule has 2 N–H and O–H groups in total. The Labute approximate surface area is 190 Å². The van der Waals surface area contributed by atoms with Gasteiger partial charge in [-0.25, -0.2) is 4.99 Å². The zero-order valence-corrected chi connectivity index (χ0v) is 20.1. The molecule has 0 saturated heterocycles. The molecule has 2 saturated carbocycles. The molecule has 174 valence electrons. The van der Waals surface area contributed by atoms with Crippen molar-refractivity contribution in [2.24, 2.45) is 4.99 Å². The fourth-order valence-corrected chi connectivity index (χ4v) is 5.88. The van der Waals surface area contributed by atoms with Gasteiger partial charge in [-0.1, -0.05) is 19.4 Å². The lowest BCUT2D eigenvalue weighted by Gasteiger charge is -2.30. The zero-order chi connectivity index (χ0) is 22.1. The van der Waals surface area contributed by atoms with E-state index in [2.05, 4.69) is 29.7 Å². The highest BCUT2D eigenvalue weighted by Crippen LogP contribution is 2.32. The average Bonchev–Trinajstić information content (AvgIpc) is 3.30. The maximum Gasteiger partial charge on any atom is 0.191 e. The summed E-state index contributed by atoms with van der Waals surface area (Å²) < 4.78 is 24.0. The molecule has 31 heavy (non-hydrogen) atoms. The molecule has 0 aromatic heterocycles. The van der Waals surface area contributed by atoms with Crippen LogP contribution in [0.5, 0.6) is 11.5 Å². The highest BCUT2D eigenvalue weighted by molar-refractivity contribution is 7.85. The second-order valence-electron chi connectivity index (χ2n) is 8.50. The molecule has 2 aliphatic rings. The third kappa shape index (κ3) is 7.13. The predicted octanol–water partition coefficient (Wildman–Crippen LogP) is 4.15. The summed E-state index contributed by atoms with van der Waals surface area (Å²) in [7, 11) is 0.965. The van der Waals surface area contributed by atoms with Gasteiger partial charge < -0.3 is 20.1 Å². The molecule has 3 atom stereocenters. The van der Waals surface area contributed by atoms with Gasteiger partial charge in [0.05, 0.1) is 19.8 Å². The molecule has 7 heteroatoms. The quantitative estimate of drug-likeness (QED) is 0.438. The third-order valence-corrected chi connectivity index (χ3v) is 7.95. The van der Waals surface area contributed by atoms with Gasteiger partial charge in [-0.2, -0.15) is 0 Å². The Bertz CT molecular complexity index is 750. The lowest BCUT2D eigenvalue weighted by molar-refractivity contribution is 0.200. The number of aliphatic imine (C=N–C) groups is 1. The SMILES string of the molecule is CCNC(=NCc1ccc(OC)c(OC2CCCC2)c1)NC1CCCC(S(=O)CC)C1. The van der Waals surface area contributed by atoms with Crippen LogP contribution in [-0.2, 0) is 17.3 Å². The largest absolute Gasteiger partial charge is 0.493 e. The van der Waals surface area contributed by atoms with E-state index in [0.29, 0.717) is 23.9 Å². The van der Waals surface area contributed by atoms with E-state index in [1.807, 2.05) is 13.0 Å². The fraction of sp³-hybridized carbons (Fsp3) is 0.708. The van der Waals surface area contributed by atoms with Crippen molar-refractivity contribution in [1.29, 1.82) is 0 Å². The van der Waals surface area contributed by atoms with E-state index in [0.717, 1.165) is 73.8 Å². The van der Waals surface area contributed by atoms with Crippen LogP contribution in [0, 0.1) is 0 Å². The van der Waals surface area contributed by atoms with Gasteiger partial charge in [0, 0.05) is 34.4 Å². The van der Waals surface area contributed by atoms with Crippen molar-refractivity contribution in [1.82, 2.24) is 10.6 Å². The molecule has 1 aromatic rings. The van der Waals surface area contributed by atoms with Crippen molar-refractivity contribution in [3.8, 4) is 11.5 Å². The number of methoxy groups -OCH3 is 1. The molecule has 1 aromatic carbocycles. The topological polar surface area (TPSA) is 72.0 Å². The molecular weight excluding hydrogens is 410 g/mol. The Kier molecular flexibility index (Phi) is 9.50. The minimum Gasteiger partial charge on any atom is -0.493 e. The summed E-state index contributed by atoms with van der Waals surface area (Å²) in [6.07, 6.45) is 9.24. The van der Waals surface area contributed by atoms with Gasteiger partial charge in [0.2, 0.25) is 0 Å². The van der Waals surface area contributed by atoms with Crippen molar-refractivity contribution in [3.63, 3.8) is 0 Å². The number of ether oxygens (including phenoxy) is 2. The van der Waals surface area contributed by atoms with Gasteiger partial charge in [0.15, 0.2) is 17.5 Å². The summed E-state index contributed by atoms with van der Waals surface area (Å²) in [4.78, 5) is 4.82. The first-order valence-electron chi connectivity index (χ1n) is 11.9. The molecule has 0 radical (unpaired) electrons. The standard InChI is InChI=1S/C24H39N3O3S/c1-4-25-24(27-19-9-8-12-21(16-19)31(28)5-2)26-17-18-13-14-22(29-3)23(15-18)30-20-10-6-7-11-20/h13-15,19-21H,4-12,16-17H2,1-3H3,(H2,25,26,27). The van der Waals surface area contributed by atoms with E-state index < -0.39 is 10.8 Å².